The SMILES string of the molecule is COCC1(CO)CCN(C2=NN3C[C@@H](C)N=C3C(C(=O)N[C@H](C)c3cccc(C(F)(F)F)c3F)=C2)CC1. The number of hydrazone groups is 1. The monoisotopic (exact) mass is 525 g/mol. The lowest BCUT2D eigenvalue weighted by Gasteiger charge is -2.41. The Morgan fingerprint density at radius 1 is 1.32 bits per heavy atom. The molecule has 0 bridgehead atoms. The van der Waals surface area contributed by atoms with E-state index in [1.165, 1.54) is 13.0 Å². The number of rotatable bonds is 6. The van der Waals surface area contributed by atoms with E-state index >= 15 is 0 Å². The highest BCUT2D eigenvalue weighted by Gasteiger charge is 2.39. The predicted molar refractivity (Wildman–Crippen MR) is 129 cm³/mol. The third kappa shape index (κ3) is 5.49. The maximum Gasteiger partial charge on any atom is 0.419 e. The Hall–Kier alpha value is -2.99. The second-order valence-electron chi connectivity index (χ2n) is 9.88. The number of likely N-dealkylation sites (tertiary alicyclic amines) is 1. The summed E-state index contributed by atoms with van der Waals surface area (Å²) in [6.07, 6.45) is -1.88. The van der Waals surface area contributed by atoms with Crippen molar-refractivity contribution in [1.29, 1.82) is 0 Å². The Labute approximate surface area is 212 Å². The highest BCUT2D eigenvalue weighted by atomic mass is 19.4. The Kier molecular flexibility index (Phi) is 7.61. The number of hydrogen-bond acceptors (Lipinski definition) is 7. The number of nitrogens with zero attached hydrogens (tertiary/aromatic N) is 4. The van der Waals surface area contributed by atoms with Gasteiger partial charge in [-0.05, 0) is 38.8 Å². The molecular formula is C25H31F4N5O3. The van der Waals surface area contributed by atoms with Gasteiger partial charge in [0, 0.05) is 31.2 Å². The zero-order valence-electron chi connectivity index (χ0n) is 21.0. The van der Waals surface area contributed by atoms with Crippen molar-refractivity contribution < 1.29 is 32.2 Å². The van der Waals surface area contributed by atoms with Gasteiger partial charge in [-0.2, -0.15) is 18.3 Å². The minimum absolute atomic E-state index is 0.00901. The van der Waals surface area contributed by atoms with Crippen molar-refractivity contribution in [2.75, 3.05) is 40.0 Å². The summed E-state index contributed by atoms with van der Waals surface area (Å²) in [4.78, 5) is 19.9. The number of halogens is 4. The van der Waals surface area contributed by atoms with Gasteiger partial charge in [0.15, 0.2) is 5.84 Å². The molecule has 1 fully saturated rings. The largest absolute Gasteiger partial charge is 0.419 e. The summed E-state index contributed by atoms with van der Waals surface area (Å²) in [5, 5.41) is 18.8. The number of carbonyl (C=O) groups excluding carboxylic acids is 1. The van der Waals surface area contributed by atoms with Crippen LogP contribution in [0.4, 0.5) is 17.6 Å². The number of methoxy groups -OCH3 is 1. The number of ether oxygens (including phenoxy) is 1. The van der Waals surface area contributed by atoms with Gasteiger partial charge in [-0.3, -0.25) is 9.79 Å². The van der Waals surface area contributed by atoms with Gasteiger partial charge in [-0.1, -0.05) is 12.1 Å². The van der Waals surface area contributed by atoms with Gasteiger partial charge >= 0.3 is 6.18 Å². The third-order valence-corrected chi connectivity index (χ3v) is 7.09. The second-order valence-corrected chi connectivity index (χ2v) is 9.88. The van der Waals surface area contributed by atoms with Crippen LogP contribution in [0.25, 0.3) is 0 Å². The Morgan fingerprint density at radius 2 is 2.03 bits per heavy atom. The molecule has 202 valence electrons. The summed E-state index contributed by atoms with van der Waals surface area (Å²) in [5.41, 5.74) is -1.76. The lowest BCUT2D eigenvalue weighted by molar-refractivity contribution is -0.140. The maximum absolute atomic E-state index is 14.7. The molecule has 2 N–H and O–H groups in total. The Balaban J connectivity index is 1.56. The normalized spacial score (nSPS) is 22.2. The van der Waals surface area contributed by atoms with Crippen molar-refractivity contribution in [1.82, 2.24) is 15.2 Å². The minimum Gasteiger partial charge on any atom is -0.396 e. The molecule has 0 radical (unpaired) electrons. The molecule has 1 amide bonds. The number of nitrogens with one attached hydrogen (secondary N) is 1. The lowest BCUT2D eigenvalue weighted by Crippen LogP contribution is -2.48. The number of aliphatic imine (C=N–C) groups is 1. The average Bonchev–Trinajstić information content (AvgIpc) is 3.23. The summed E-state index contributed by atoms with van der Waals surface area (Å²) >= 11 is 0. The molecule has 0 aromatic heterocycles. The third-order valence-electron chi connectivity index (χ3n) is 7.09. The molecule has 3 aliphatic heterocycles. The summed E-state index contributed by atoms with van der Waals surface area (Å²) in [7, 11) is 1.60. The lowest BCUT2D eigenvalue weighted by atomic mass is 9.80. The van der Waals surface area contributed by atoms with E-state index < -0.39 is 29.5 Å². The molecular weight excluding hydrogens is 494 g/mol. The van der Waals surface area contributed by atoms with E-state index in [4.69, 9.17) is 4.74 Å². The molecule has 8 nitrogen and oxygen atoms in total. The van der Waals surface area contributed by atoms with E-state index in [2.05, 4.69) is 15.4 Å². The highest BCUT2D eigenvalue weighted by molar-refractivity contribution is 6.25. The molecule has 0 aliphatic carbocycles. The van der Waals surface area contributed by atoms with Gasteiger partial charge in [0.1, 0.15) is 11.7 Å². The molecule has 12 heteroatoms. The smallest absolute Gasteiger partial charge is 0.396 e. The van der Waals surface area contributed by atoms with Crippen molar-refractivity contribution in [3.63, 3.8) is 0 Å². The first kappa shape index (κ1) is 27.1. The number of benzene rings is 1. The number of aliphatic hydroxyl groups excluding tert-OH is 1. The number of aliphatic hydroxyl groups is 1. The summed E-state index contributed by atoms with van der Waals surface area (Å²) < 4.78 is 59.5. The van der Waals surface area contributed by atoms with Crippen molar-refractivity contribution in [3.8, 4) is 0 Å². The molecule has 3 heterocycles. The Morgan fingerprint density at radius 3 is 2.65 bits per heavy atom. The van der Waals surface area contributed by atoms with E-state index in [1.54, 1.807) is 18.2 Å². The van der Waals surface area contributed by atoms with Crippen LogP contribution in [0.3, 0.4) is 0 Å². The van der Waals surface area contributed by atoms with Crippen LogP contribution in [0.5, 0.6) is 0 Å². The van der Waals surface area contributed by atoms with E-state index in [0.717, 1.165) is 6.07 Å². The first-order chi connectivity index (χ1) is 17.5. The molecule has 1 aromatic rings. The van der Waals surface area contributed by atoms with Crippen LogP contribution >= 0.6 is 0 Å². The van der Waals surface area contributed by atoms with Crippen LogP contribution in [-0.2, 0) is 15.7 Å². The van der Waals surface area contributed by atoms with E-state index in [9.17, 15) is 27.5 Å². The molecule has 1 aromatic carbocycles. The number of carbonyl (C=O) groups is 1. The molecule has 0 saturated carbocycles. The van der Waals surface area contributed by atoms with Crippen LogP contribution in [0.15, 0.2) is 39.9 Å². The van der Waals surface area contributed by atoms with E-state index in [0.29, 0.717) is 56.8 Å². The first-order valence-electron chi connectivity index (χ1n) is 12.2. The maximum atomic E-state index is 14.7. The fourth-order valence-corrected chi connectivity index (χ4v) is 4.94. The van der Waals surface area contributed by atoms with Crippen LogP contribution < -0.4 is 5.32 Å². The summed E-state index contributed by atoms with van der Waals surface area (Å²) in [6, 6.07) is 1.87. The summed E-state index contributed by atoms with van der Waals surface area (Å²) in [5.74, 6) is -1.07. The fourth-order valence-electron chi connectivity index (χ4n) is 4.94. The number of fused-ring (bicyclic) bond motifs is 1. The fraction of sp³-hybridized carbons (Fsp3) is 0.560. The Bertz CT molecular complexity index is 1130. The van der Waals surface area contributed by atoms with Crippen LogP contribution in [-0.4, -0.2) is 78.6 Å². The van der Waals surface area contributed by atoms with E-state index in [1.807, 2.05) is 11.8 Å². The number of piperidine rings is 1. The zero-order chi connectivity index (χ0) is 27.0. The van der Waals surface area contributed by atoms with Crippen LogP contribution in [0.2, 0.25) is 0 Å². The molecule has 4 rings (SSSR count). The number of alkyl halides is 3. The molecule has 0 spiro atoms. The highest BCUT2D eigenvalue weighted by Crippen LogP contribution is 2.35. The van der Waals surface area contributed by atoms with Crippen molar-refractivity contribution in [2.24, 2.45) is 15.5 Å². The number of amides is 1. The summed E-state index contributed by atoms with van der Waals surface area (Å²) in [6.45, 7) is 5.43. The quantitative estimate of drug-likeness (QED) is 0.558. The van der Waals surface area contributed by atoms with Crippen molar-refractivity contribution in [2.45, 2.75) is 44.9 Å². The minimum atomic E-state index is -4.85. The van der Waals surface area contributed by atoms with Gasteiger partial charge in [-0.15, -0.1) is 0 Å². The van der Waals surface area contributed by atoms with Gasteiger partial charge < -0.3 is 20.1 Å². The van der Waals surface area contributed by atoms with Gasteiger partial charge in [0.2, 0.25) is 0 Å². The zero-order valence-corrected chi connectivity index (χ0v) is 21.0. The van der Waals surface area contributed by atoms with Crippen molar-refractivity contribution >= 4 is 17.6 Å². The van der Waals surface area contributed by atoms with E-state index in [-0.39, 0.29) is 29.2 Å². The van der Waals surface area contributed by atoms with Gasteiger partial charge in [0.05, 0.1) is 43.0 Å². The topological polar surface area (TPSA) is 89.8 Å². The number of hydrogen-bond donors (Lipinski definition) is 2. The second kappa shape index (κ2) is 10.4. The number of amidine groups is 2. The van der Waals surface area contributed by atoms with Crippen LogP contribution in [0.1, 0.15) is 43.9 Å². The molecule has 3 aliphatic rings. The van der Waals surface area contributed by atoms with Crippen molar-refractivity contribution in [3.05, 3.63) is 46.8 Å². The molecule has 0 unspecified atom stereocenters. The molecule has 1 saturated heterocycles. The predicted octanol–water partition coefficient (Wildman–Crippen LogP) is 3.10. The van der Waals surface area contributed by atoms with Gasteiger partial charge in [-0.25, -0.2) is 9.40 Å². The first-order valence-corrected chi connectivity index (χ1v) is 12.2. The molecule has 2 atom stereocenters. The standard InChI is InChI=1S/C25H31F4N5O3/c1-15-12-34-22(30-15)18(11-20(32-34)33-9-7-24(13-35,8-10-33)14-37-3)23(36)31-16(2)17-5-4-6-19(21(17)26)25(27,28)29/h4-6,11,15-16,35H,7-10,12-14H2,1-3H3,(H,31,36)/t15-,16-/m1/s1. The van der Waals surface area contributed by atoms with Gasteiger partial charge in [0.25, 0.3) is 5.91 Å². The molecule has 37 heavy (non-hydrogen) atoms. The average molecular weight is 526 g/mol. The van der Waals surface area contributed by atoms with Crippen LogP contribution in [0, 0.1) is 11.2 Å².